The summed E-state index contributed by atoms with van der Waals surface area (Å²) in [6, 6.07) is 11.8. The van der Waals surface area contributed by atoms with Crippen molar-refractivity contribution in [1.82, 2.24) is 0 Å². The van der Waals surface area contributed by atoms with Crippen LogP contribution in [0.3, 0.4) is 0 Å². The van der Waals surface area contributed by atoms with Crippen LogP contribution in [0, 0.1) is 0 Å². The number of thiophene rings is 1. The third kappa shape index (κ3) is 2.64. The standard InChI is InChI=1S/C15H7Br3OS/c16-11-4-3-8-5-10(2-1-9(8)6-11)14(19)15-13(18)12(17)7-20-15/h1-7H. The molecule has 1 heterocycles. The minimum absolute atomic E-state index is 0.0393. The first-order valence-electron chi connectivity index (χ1n) is 5.73. The molecule has 5 heteroatoms. The Kier molecular flexibility index (Phi) is 4.13. The van der Waals surface area contributed by atoms with E-state index >= 15 is 0 Å². The molecule has 3 rings (SSSR count). The molecule has 0 spiro atoms. The average molecular weight is 475 g/mol. The number of rotatable bonds is 2. The molecule has 0 N–H and O–H groups in total. The number of carbonyl (C=O) groups excluding carboxylic acids is 1. The van der Waals surface area contributed by atoms with Crippen LogP contribution in [-0.2, 0) is 0 Å². The quantitative estimate of drug-likeness (QED) is 0.392. The maximum atomic E-state index is 12.5. The Morgan fingerprint density at radius 2 is 1.65 bits per heavy atom. The molecule has 3 aromatic rings. The molecule has 20 heavy (non-hydrogen) atoms. The summed E-state index contributed by atoms with van der Waals surface area (Å²) in [4.78, 5) is 13.3. The third-order valence-corrected chi connectivity index (χ3v) is 6.98. The Hall–Kier alpha value is -0.490. The van der Waals surface area contributed by atoms with Crippen LogP contribution in [0.1, 0.15) is 15.2 Å². The van der Waals surface area contributed by atoms with Crippen molar-refractivity contribution in [3.8, 4) is 0 Å². The van der Waals surface area contributed by atoms with E-state index in [4.69, 9.17) is 0 Å². The van der Waals surface area contributed by atoms with E-state index in [-0.39, 0.29) is 5.78 Å². The van der Waals surface area contributed by atoms with Gasteiger partial charge in [-0.05, 0) is 60.8 Å². The summed E-state index contributed by atoms with van der Waals surface area (Å²) < 4.78 is 2.77. The van der Waals surface area contributed by atoms with Crippen molar-refractivity contribution in [2.45, 2.75) is 0 Å². The summed E-state index contributed by atoms with van der Waals surface area (Å²) in [7, 11) is 0. The van der Waals surface area contributed by atoms with Crippen molar-refractivity contribution in [2.24, 2.45) is 0 Å². The largest absolute Gasteiger partial charge is 0.288 e. The first-order valence-corrected chi connectivity index (χ1v) is 8.98. The first-order chi connectivity index (χ1) is 9.56. The van der Waals surface area contributed by atoms with E-state index < -0.39 is 0 Å². The summed E-state index contributed by atoms with van der Waals surface area (Å²) in [6.45, 7) is 0. The molecule has 0 unspecified atom stereocenters. The van der Waals surface area contributed by atoms with Gasteiger partial charge in [0.1, 0.15) is 0 Å². The minimum atomic E-state index is 0.0393. The third-order valence-electron chi connectivity index (χ3n) is 2.96. The lowest BCUT2D eigenvalue weighted by Gasteiger charge is -2.03. The summed E-state index contributed by atoms with van der Waals surface area (Å²) in [6.07, 6.45) is 0. The van der Waals surface area contributed by atoms with Crippen LogP contribution in [0.2, 0.25) is 0 Å². The molecule has 100 valence electrons. The Balaban J connectivity index is 2.08. The van der Waals surface area contributed by atoms with Gasteiger partial charge in [0.15, 0.2) is 0 Å². The van der Waals surface area contributed by atoms with Crippen molar-refractivity contribution in [3.63, 3.8) is 0 Å². The maximum Gasteiger partial charge on any atom is 0.204 e. The SMILES string of the molecule is O=C(c1ccc2cc(Br)ccc2c1)c1scc(Br)c1Br. The summed E-state index contributed by atoms with van der Waals surface area (Å²) in [5, 5.41) is 4.09. The van der Waals surface area contributed by atoms with E-state index in [1.165, 1.54) is 11.3 Å². The molecule has 0 amide bonds. The predicted molar refractivity (Wildman–Crippen MR) is 94.8 cm³/mol. The number of hydrogen-bond acceptors (Lipinski definition) is 2. The predicted octanol–water partition coefficient (Wildman–Crippen LogP) is 6.42. The van der Waals surface area contributed by atoms with Gasteiger partial charge in [-0.1, -0.05) is 34.1 Å². The highest BCUT2D eigenvalue weighted by molar-refractivity contribution is 9.13. The number of carbonyl (C=O) groups is 1. The zero-order chi connectivity index (χ0) is 14.3. The monoisotopic (exact) mass is 472 g/mol. The lowest BCUT2D eigenvalue weighted by atomic mass is 10.0. The average Bonchev–Trinajstić information content (AvgIpc) is 2.77. The highest BCUT2D eigenvalue weighted by Crippen LogP contribution is 2.34. The molecule has 2 aromatic carbocycles. The van der Waals surface area contributed by atoms with Crippen molar-refractivity contribution in [1.29, 1.82) is 0 Å². The van der Waals surface area contributed by atoms with E-state index in [0.29, 0.717) is 10.4 Å². The van der Waals surface area contributed by atoms with Gasteiger partial charge in [0.25, 0.3) is 0 Å². The molecule has 0 aliphatic carbocycles. The summed E-state index contributed by atoms with van der Waals surface area (Å²) >= 11 is 11.7. The summed E-state index contributed by atoms with van der Waals surface area (Å²) in [5.41, 5.74) is 0.704. The molecule has 1 nitrogen and oxygen atoms in total. The topological polar surface area (TPSA) is 17.1 Å². The fraction of sp³-hybridized carbons (Fsp3) is 0. The molecule has 0 saturated heterocycles. The molecule has 0 aliphatic heterocycles. The number of ketones is 1. The van der Waals surface area contributed by atoms with Gasteiger partial charge in [-0.25, -0.2) is 0 Å². The molecule has 0 aliphatic rings. The van der Waals surface area contributed by atoms with Crippen LogP contribution in [0.4, 0.5) is 0 Å². The molecule has 0 bridgehead atoms. The Morgan fingerprint density at radius 1 is 0.950 bits per heavy atom. The fourth-order valence-corrected chi connectivity index (χ4v) is 4.46. The van der Waals surface area contributed by atoms with E-state index in [1.807, 2.05) is 41.8 Å². The normalized spacial score (nSPS) is 10.9. The molecule has 1 aromatic heterocycles. The van der Waals surface area contributed by atoms with Crippen molar-refractivity contribution >= 4 is 75.7 Å². The lowest BCUT2D eigenvalue weighted by Crippen LogP contribution is -1.99. The lowest BCUT2D eigenvalue weighted by molar-refractivity contribution is 0.104. The van der Waals surface area contributed by atoms with E-state index in [1.54, 1.807) is 0 Å². The van der Waals surface area contributed by atoms with Gasteiger partial charge >= 0.3 is 0 Å². The highest BCUT2D eigenvalue weighted by atomic mass is 79.9. The fourth-order valence-electron chi connectivity index (χ4n) is 1.96. The molecule has 0 radical (unpaired) electrons. The van der Waals surface area contributed by atoms with E-state index in [9.17, 15) is 4.79 Å². The number of hydrogen-bond donors (Lipinski definition) is 0. The van der Waals surface area contributed by atoms with Crippen LogP contribution in [0.15, 0.2) is 55.2 Å². The minimum Gasteiger partial charge on any atom is -0.288 e. The van der Waals surface area contributed by atoms with Gasteiger partial charge in [-0.2, -0.15) is 0 Å². The van der Waals surface area contributed by atoms with Crippen LogP contribution in [0.5, 0.6) is 0 Å². The number of fused-ring (bicyclic) bond motifs is 1. The van der Waals surface area contributed by atoms with Crippen LogP contribution < -0.4 is 0 Å². The molecule has 0 fully saturated rings. The van der Waals surface area contributed by atoms with Crippen LogP contribution in [0.25, 0.3) is 10.8 Å². The van der Waals surface area contributed by atoms with Crippen molar-refractivity contribution in [2.75, 3.05) is 0 Å². The van der Waals surface area contributed by atoms with Gasteiger partial charge in [0.2, 0.25) is 5.78 Å². The second-order valence-electron chi connectivity index (χ2n) is 4.26. The van der Waals surface area contributed by atoms with Gasteiger partial charge in [0, 0.05) is 19.9 Å². The smallest absolute Gasteiger partial charge is 0.204 e. The van der Waals surface area contributed by atoms with Crippen LogP contribution in [-0.4, -0.2) is 5.78 Å². The van der Waals surface area contributed by atoms with Gasteiger partial charge in [-0.3, -0.25) is 4.79 Å². The van der Waals surface area contributed by atoms with Gasteiger partial charge < -0.3 is 0 Å². The van der Waals surface area contributed by atoms with E-state index in [2.05, 4.69) is 47.8 Å². The van der Waals surface area contributed by atoms with Crippen LogP contribution >= 0.6 is 59.1 Å². The van der Waals surface area contributed by atoms with Gasteiger partial charge in [-0.15, -0.1) is 11.3 Å². The Morgan fingerprint density at radius 3 is 2.35 bits per heavy atom. The van der Waals surface area contributed by atoms with E-state index in [0.717, 1.165) is 24.2 Å². The number of benzene rings is 2. The molecule has 0 saturated carbocycles. The zero-order valence-corrected chi connectivity index (χ0v) is 15.6. The zero-order valence-electron chi connectivity index (χ0n) is 9.99. The Bertz CT molecular complexity index is 823. The highest BCUT2D eigenvalue weighted by Gasteiger charge is 2.17. The maximum absolute atomic E-state index is 12.5. The summed E-state index contributed by atoms with van der Waals surface area (Å²) in [5.74, 6) is 0.0393. The number of halogens is 3. The molecule has 0 atom stereocenters. The van der Waals surface area contributed by atoms with Crippen molar-refractivity contribution < 1.29 is 4.79 Å². The second kappa shape index (κ2) is 5.72. The first kappa shape index (κ1) is 14.4. The molecular weight excluding hydrogens is 468 g/mol. The second-order valence-corrected chi connectivity index (χ2v) is 7.70. The Labute approximate surface area is 145 Å². The van der Waals surface area contributed by atoms with Gasteiger partial charge in [0.05, 0.1) is 9.35 Å². The molecular formula is C15H7Br3OS. The van der Waals surface area contributed by atoms with Crippen molar-refractivity contribution in [3.05, 3.63) is 65.6 Å².